The molecule has 4 aliphatic rings. The molecule has 0 radical (unpaired) electrons. The van der Waals surface area contributed by atoms with E-state index >= 15 is 0 Å². The first kappa shape index (κ1) is 37.9. The number of hydrogen-bond acceptors (Lipinski definition) is 14. The van der Waals surface area contributed by atoms with Crippen molar-refractivity contribution in [1.82, 2.24) is 0 Å². The number of carbonyl (C=O) groups excluding carboxylic acids is 6. The minimum atomic E-state index is -1.82. The lowest BCUT2D eigenvalue weighted by Crippen LogP contribution is -2.70. The molecule has 0 bridgehead atoms. The predicted molar refractivity (Wildman–Crippen MR) is 174 cm³/mol. The van der Waals surface area contributed by atoms with Gasteiger partial charge in [0.2, 0.25) is 0 Å². The van der Waals surface area contributed by atoms with Gasteiger partial charge in [-0.1, -0.05) is 25.1 Å². The lowest BCUT2D eigenvalue weighted by atomic mass is 9.51. The van der Waals surface area contributed by atoms with Crippen LogP contribution in [0.2, 0.25) is 0 Å². The molecular weight excluding hydrogens is 668 g/mol. The van der Waals surface area contributed by atoms with Crippen LogP contribution in [0.25, 0.3) is 0 Å². The van der Waals surface area contributed by atoms with Gasteiger partial charge in [0.05, 0.1) is 29.1 Å². The standard InChI is InChI=1S/C37H46O14/c1-18-25(46-19(2)38)16-36(34(7,8)51-33(44)24-13-11-10-12-14-24)28(18)29(48-21(4)40)31(49-22(5)41)35(9)27(47-20(3)39)15-26(43)37(50-23(6)42)17-45-32(36)30(35)37/h10-14,26-32,43H,15-17H2,1-9H3/t26-,27-,28?,29+,30-,31-,32-,35+,36-,37-/m0/s1. The van der Waals surface area contributed by atoms with E-state index in [0.29, 0.717) is 5.57 Å². The molecule has 3 aliphatic carbocycles. The maximum atomic E-state index is 13.9. The fourth-order valence-corrected chi connectivity index (χ4v) is 9.58. The molecule has 0 aromatic heterocycles. The quantitative estimate of drug-likeness (QED) is 0.305. The first-order chi connectivity index (χ1) is 23.7. The van der Waals surface area contributed by atoms with Crippen molar-refractivity contribution in [2.75, 3.05) is 6.61 Å². The van der Waals surface area contributed by atoms with Gasteiger partial charge in [0.1, 0.15) is 35.8 Å². The molecule has 1 heterocycles. The van der Waals surface area contributed by atoms with E-state index in [1.165, 1.54) is 34.6 Å². The Balaban J connectivity index is 1.90. The van der Waals surface area contributed by atoms with E-state index in [1.54, 1.807) is 58.0 Å². The van der Waals surface area contributed by atoms with E-state index in [4.69, 9.17) is 33.2 Å². The Morgan fingerprint density at radius 2 is 1.47 bits per heavy atom. The van der Waals surface area contributed by atoms with Gasteiger partial charge < -0.3 is 38.3 Å². The van der Waals surface area contributed by atoms with Crippen LogP contribution in [0.3, 0.4) is 0 Å². The zero-order chi connectivity index (χ0) is 37.8. The first-order valence-electron chi connectivity index (χ1n) is 16.9. The summed E-state index contributed by atoms with van der Waals surface area (Å²) in [6.45, 7) is 12.2. The van der Waals surface area contributed by atoms with Gasteiger partial charge in [-0.3, -0.25) is 24.0 Å². The third-order valence-corrected chi connectivity index (χ3v) is 11.3. The first-order valence-corrected chi connectivity index (χ1v) is 16.9. The number of hydrogen-bond donors (Lipinski definition) is 1. The highest BCUT2D eigenvalue weighted by Crippen LogP contribution is 2.71. The van der Waals surface area contributed by atoms with Gasteiger partial charge in [-0.25, -0.2) is 4.79 Å². The Kier molecular flexibility index (Phi) is 9.93. The summed E-state index contributed by atoms with van der Waals surface area (Å²) < 4.78 is 43.2. The fraction of sp³-hybridized carbons (Fsp3) is 0.622. The second-order valence-electron chi connectivity index (χ2n) is 14.7. The number of rotatable bonds is 8. The lowest BCUT2D eigenvalue weighted by molar-refractivity contribution is -0.256. The molecule has 3 fully saturated rings. The Bertz CT molecular complexity index is 1650. The largest absolute Gasteiger partial charge is 0.462 e. The summed E-state index contributed by atoms with van der Waals surface area (Å²) in [5.74, 6) is -6.40. The number of fused-ring (bicyclic) bond motifs is 2. The number of benzene rings is 1. The Hall–Kier alpha value is -4.30. The topological polar surface area (TPSA) is 187 Å². The zero-order valence-electron chi connectivity index (χ0n) is 30.3. The SMILES string of the molecule is CC(=O)OC1=C(C)C2[C@@H](OC(C)=O)[C@H](OC(C)=O)[C@]3(C)[C@@H](OC(C)=O)C[C@H](O)[C@@]4(OC(C)=O)CO[C@@H]([C@H]43)[C@]2(C(C)(C)OC(=O)c2ccccc2)C1. The van der Waals surface area contributed by atoms with Crippen LogP contribution < -0.4 is 0 Å². The van der Waals surface area contributed by atoms with Crippen LogP contribution in [-0.2, 0) is 57.1 Å². The predicted octanol–water partition coefficient (Wildman–Crippen LogP) is 3.36. The van der Waals surface area contributed by atoms with Crippen molar-refractivity contribution in [1.29, 1.82) is 0 Å². The lowest BCUT2D eigenvalue weighted by Gasteiger charge is -2.57. The molecule has 5 rings (SSSR count). The highest BCUT2D eigenvalue weighted by Gasteiger charge is 2.82. The molecule has 1 unspecified atom stereocenters. The van der Waals surface area contributed by atoms with Crippen molar-refractivity contribution in [3.8, 4) is 0 Å². The van der Waals surface area contributed by atoms with E-state index in [-0.39, 0.29) is 30.8 Å². The van der Waals surface area contributed by atoms with Gasteiger partial charge in [0.15, 0.2) is 5.60 Å². The van der Waals surface area contributed by atoms with E-state index in [9.17, 15) is 33.9 Å². The van der Waals surface area contributed by atoms with Crippen LogP contribution in [0.4, 0.5) is 0 Å². The van der Waals surface area contributed by atoms with Gasteiger partial charge in [-0.05, 0) is 38.5 Å². The van der Waals surface area contributed by atoms with Crippen LogP contribution >= 0.6 is 0 Å². The van der Waals surface area contributed by atoms with Crippen LogP contribution in [-0.4, -0.2) is 89.3 Å². The monoisotopic (exact) mass is 714 g/mol. The van der Waals surface area contributed by atoms with Crippen LogP contribution in [0, 0.1) is 22.7 Å². The normalized spacial score (nSPS) is 35.4. The molecule has 1 aromatic carbocycles. The van der Waals surface area contributed by atoms with Crippen LogP contribution in [0.15, 0.2) is 41.7 Å². The molecule has 1 saturated heterocycles. The molecule has 2 saturated carbocycles. The summed E-state index contributed by atoms with van der Waals surface area (Å²) in [6, 6.07) is 8.25. The van der Waals surface area contributed by atoms with Crippen molar-refractivity contribution < 1.29 is 67.0 Å². The molecule has 51 heavy (non-hydrogen) atoms. The van der Waals surface area contributed by atoms with Gasteiger partial charge in [0, 0.05) is 59.3 Å². The van der Waals surface area contributed by atoms with Gasteiger partial charge in [-0.15, -0.1) is 0 Å². The Morgan fingerprint density at radius 3 is 2.02 bits per heavy atom. The maximum absolute atomic E-state index is 13.9. The summed E-state index contributed by atoms with van der Waals surface area (Å²) in [4.78, 5) is 78.2. The smallest absolute Gasteiger partial charge is 0.338 e. The van der Waals surface area contributed by atoms with E-state index in [0.717, 1.165) is 0 Å². The average molecular weight is 715 g/mol. The number of esters is 6. The minimum Gasteiger partial charge on any atom is -0.462 e. The highest BCUT2D eigenvalue weighted by molar-refractivity contribution is 5.89. The molecule has 10 atom stereocenters. The summed E-state index contributed by atoms with van der Waals surface area (Å²) >= 11 is 0. The molecular formula is C37H46O14. The molecule has 0 spiro atoms. The number of aliphatic hydroxyl groups excluding tert-OH is 1. The third kappa shape index (κ3) is 6.09. The van der Waals surface area contributed by atoms with E-state index in [1.807, 2.05) is 0 Å². The summed E-state index contributed by atoms with van der Waals surface area (Å²) in [5.41, 5.74) is -5.91. The molecule has 14 nitrogen and oxygen atoms in total. The van der Waals surface area contributed by atoms with Gasteiger partial charge >= 0.3 is 35.8 Å². The van der Waals surface area contributed by atoms with Gasteiger partial charge in [0.25, 0.3) is 0 Å². The van der Waals surface area contributed by atoms with Crippen molar-refractivity contribution in [3.63, 3.8) is 0 Å². The average Bonchev–Trinajstić information content (AvgIpc) is 3.52. The second kappa shape index (κ2) is 13.4. The Labute approximate surface area is 296 Å². The summed E-state index contributed by atoms with van der Waals surface area (Å²) in [5, 5.41) is 11.9. The van der Waals surface area contributed by atoms with E-state index in [2.05, 4.69) is 0 Å². The van der Waals surface area contributed by atoms with Crippen molar-refractivity contribution in [2.45, 2.75) is 117 Å². The number of ether oxygens (including phenoxy) is 7. The maximum Gasteiger partial charge on any atom is 0.338 e. The molecule has 1 N–H and O–H groups in total. The van der Waals surface area contributed by atoms with E-state index < -0.39 is 100 Å². The molecule has 14 heteroatoms. The second-order valence-corrected chi connectivity index (χ2v) is 14.7. The highest BCUT2D eigenvalue weighted by atomic mass is 16.6. The summed E-state index contributed by atoms with van der Waals surface area (Å²) in [7, 11) is 0. The van der Waals surface area contributed by atoms with Crippen molar-refractivity contribution in [3.05, 3.63) is 47.2 Å². The van der Waals surface area contributed by atoms with Crippen molar-refractivity contribution >= 4 is 35.8 Å². The molecule has 1 aliphatic heterocycles. The molecule has 1 aromatic rings. The number of carbonyl (C=O) groups is 6. The molecule has 278 valence electrons. The van der Waals surface area contributed by atoms with Crippen molar-refractivity contribution in [2.24, 2.45) is 22.7 Å². The Morgan fingerprint density at radius 1 is 0.863 bits per heavy atom. The zero-order valence-corrected chi connectivity index (χ0v) is 30.3. The van der Waals surface area contributed by atoms with Crippen LogP contribution in [0.1, 0.15) is 85.5 Å². The van der Waals surface area contributed by atoms with Crippen LogP contribution in [0.5, 0.6) is 0 Å². The summed E-state index contributed by atoms with van der Waals surface area (Å²) in [6.07, 6.45) is -7.10. The fourth-order valence-electron chi connectivity index (χ4n) is 9.58. The number of aliphatic hydroxyl groups is 1. The number of allylic oxidation sites excluding steroid dienone is 1. The minimum absolute atomic E-state index is 0.134. The van der Waals surface area contributed by atoms with Gasteiger partial charge in [-0.2, -0.15) is 0 Å². The third-order valence-electron chi connectivity index (χ3n) is 11.3. The molecule has 0 amide bonds.